The van der Waals surface area contributed by atoms with E-state index in [1.165, 1.54) is 24.3 Å². The molecule has 2 unspecified atom stereocenters. The molecule has 2 aromatic carbocycles. The van der Waals surface area contributed by atoms with Crippen LogP contribution in [0.25, 0.3) is 0 Å². The molecule has 0 radical (unpaired) electrons. The summed E-state index contributed by atoms with van der Waals surface area (Å²) in [6.45, 7) is 3.56. The standard InChI is InChI=1S/C23H26FN3O4S/c1-15-4-3-9-27(12-15)23(29)17-7-8-19-20(11-17)26-22(28)21(25-19)14-32(30,31)13-16-5-2-6-18(24)10-16/h2,5-8,10-11,15,21,25H,3-4,9,12-14H2,1H3,(H,26,28). The van der Waals surface area contributed by atoms with E-state index in [0.29, 0.717) is 35.0 Å². The molecule has 2 aromatic rings. The van der Waals surface area contributed by atoms with E-state index < -0.39 is 33.4 Å². The first-order chi connectivity index (χ1) is 15.2. The highest BCUT2D eigenvalue weighted by Gasteiger charge is 2.31. The number of fused-ring (bicyclic) bond motifs is 1. The van der Waals surface area contributed by atoms with Crippen LogP contribution in [0, 0.1) is 11.7 Å². The lowest BCUT2D eigenvalue weighted by atomic mass is 9.99. The molecule has 2 heterocycles. The van der Waals surface area contributed by atoms with Gasteiger partial charge in [0.1, 0.15) is 11.9 Å². The summed E-state index contributed by atoms with van der Waals surface area (Å²) in [5.41, 5.74) is 1.82. The Morgan fingerprint density at radius 1 is 1.19 bits per heavy atom. The third-order valence-corrected chi connectivity index (χ3v) is 7.43. The fourth-order valence-electron chi connectivity index (χ4n) is 4.25. The molecule has 0 saturated carbocycles. The maximum atomic E-state index is 13.4. The van der Waals surface area contributed by atoms with Crippen LogP contribution < -0.4 is 10.6 Å². The van der Waals surface area contributed by atoms with Gasteiger partial charge in [0.05, 0.1) is 22.9 Å². The number of piperidine rings is 1. The molecule has 2 N–H and O–H groups in total. The van der Waals surface area contributed by atoms with E-state index in [9.17, 15) is 22.4 Å². The molecule has 0 spiro atoms. The number of carbonyl (C=O) groups excluding carboxylic acids is 2. The Morgan fingerprint density at radius 2 is 2.00 bits per heavy atom. The van der Waals surface area contributed by atoms with Gasteiger partial charge in [0.15, 0.2) is 9.84 Å². The van der Waals surface area contributed by atoms with Crippen LogP contribution >= 0.6 is 0 Å². The van der Waals surface area contributed by atoms with Gasteiger partial charge in [0, 0.05) is 18.7 Å². The fraction of sp³-hybridized carbons (Fsp3) is 0.391. The summed E-state index contributed by atoms with van der Waals surface area (Å²) in [5, 5.41) is 5.68. The van der Waals surface area contributed by atoms with Crippen LogP contribution in [0.1, 0.15) is 35.7 Å². The first-order valence-corrected chi connectivity index (χ1v) is 12.5. The van der Waals surface area contributed by atoms with Crippen molar-refractivity contribution in [1.82, 2.24) is 4.90 Å². The van der Waals surface area contributed by atoms with Crippen LogP contribution in [0.15, 0.2) is 42.5 Å². The summed E-state index contributed by atoms with van der Waals surface area (Å²) >= 11 is 0. The average molecular weight is 460 g/mol. The van der Waals surface area contributed by atoms with E-state index in [4.69, 9.17) is 0 Å². The summed E-state index contributed by atoms with van der Waals surface area (Å²) in [4.78, 5) is 27.3. The number of benzene rings is 2. The summed E-state index contributed by atoms with van der Waals surface area (Å²) in [7, 11) is -3.68. The Morgan fingerprint density at radius 3 is 2.75 bits per heavy atom. The number of halogens is 1. The summed E-state index contributed by atoms with van der Waals surface area (Å²) in [6, 6.07) is 9.41. The third kappa shape index (κ3) is 5.09. The smallest absolute Gasteiger partial charge is 0.253 e. The predicted octanol–water partition coefficient (Wildman–Crippen LogP) is 3.05. The minimum atomic E-state index is -3.68. The van der Waals surface area contributed by atoms with Gasteiger partial charge in [-0.15, -0.1) is 0 Å². The van der Waals surface area contributed by atoms with Crippen molar-refractivity contribution < 1.29 is 22.4 Å². The molecular formula is C23H26FN3O4S. The monoisotopic (exact) mass is 459 g/mol. The van der Waals surface area contributed by atoms with Crippen LogP contribution in [-0.2, 0) is 20.4 Å². The van der Waals surface area contributed by atoms with Crippen molar-refractivity contribution in [2.24, 2.45) is 5.92 Å². The lowest BCUT2D eigenvalue weighted by molar-refractivity contribution is -0.116. The molecule has 0 aliphatic carbocycles. The van der Waals surface area contributed by atoms with Crippen LogP contribution in [0.3, 0.4) is 0 Å². The number of hydrogen-bond donors (Lipinski definition) is 2. The van der Waals surface area contributed by atoms with E-state index >= 15 is 0 Å². The average Bonchev–Trinajstić information content (AvgIpc) is 2.73. The first-order valence-electron chi connectivity index (χ1n) is 10.7. The van der Waals surface area contributed by atoms with Crippen molar-refractivity contribution in [3.63, 3.8) is 0 Å². The number of hydrogen-bond acceptors (Lipinski definition) is 5. The second-order valence-corrected chi connectivity index (χ2v) is 10.7. The van der Waals surface area contributed by atoms with Crippen LogP contribution in [-0.4, -0.2) is 50.0 Å². The van der Waals surface area contributed by atoms with Crippen LogP contribution in [0.2, 0.25) is 0 Å². The van der Waals surface area contributed by atoms with Gasteiger partial charge in [-0.25, -0.2) is 12.8 Å². The Bertz CT molecular complexity index is 1150. The topological polar surface area (TPSA) is 95.6 Å². The Hall–Kier alpha value is -2.94. The predicted molar refractivity (Wildman–Crippen MR) is 121 cm³/mol. The van der Waals surface area contributed by atoms with Gasteiger partial charge >= 0.3 is 0 Å². The van der Waals surface area contributed by atoms with E-state index in [1.807, 2.05) is 4.90 Å². The lowest BCUT2D eigenvalue weighted by Crippen LogP contribution is -2.44. The highest BCUT2D eigenvalue weighted by Crippen LogP contribution is 2.29. The van der Waals surface area contributed by atoms with Crippen molar-refractivity contribution in [2.45, 2.75) is 31.6 Å². The zero-order valence-corrected chi connectivity index (χ0v) is 18.6. The van der Waals surface area contributed by atoms with Gasteiger partial charge in [0.25, 0.3) is 5.91 Å². The SMILES string of the molecule is CC1CCCN(C(=O)c2ccc3c(c2)NC(=O)C(CS(=O)(=O)Cc2cccc(F)c2)N3)C1. The molecular weight excluding hydrogens is 433 g/mol. The third-order valence-electron chi connectivity index (χ3n) is 5.81. The van der Waals surface area contributed by atoms with Crippen molar-refractivity contribution in [3.8, 4) is 0 Å². The van der Waals surface area contributed by atoms with Gasteiger partial charge in [0.2, 0.25) is 5.91 Å². The molecule has 32 heavy (non-hydrogen) atoms. The second-order valence-electron chi connectivity index (χ2n) is 8.63. The van der Waals surface area contributed by atoms with Gasteiger partial charge < -0.3 is 15.5 Å². The number of nitrogens with one attached hydrogen (secondary N) is 2. The maximum absolute atomic E-state index is 13.4. The van der Waals surface area contributed by atoms with Crippen molar-refractivity contribution in [2.75, 3.05) is 29.5 Å². The Balaban J connectivity index is 1.45. The van der Waals surface area contributed by atoms with Crippen molar-refractivity contribution >= 4 is 33.0 Å². The normalized spacial score (nSPS) is 20.8. The highest BCUT2D eigenvalue weighted by atomic mass is 32.2. The largest absolute Gasteiger partial charge is 0.371 e. The molecule has 0 aromatic heterocycles. The number of amides is 2. The second kappa shape index (κ2) is 8.90. The minimum Gasteiger partial charge on any atom is -0.371 e. The van der Waals surface area contributed by atoms with Gasteiger partial charge in [-0.05, 0) is 54.7 Å². The van der Waals surface area contributed by atoms with E-state index in [2.05, 4.69) is 17.6 Å². The fourth-order valence-corrected chi connectivity index (χ4v) is 5.79. The molecule has 1 fully saturated rings. The molecule has 7 nitrogen and oxygen atoms in total. The molecule has 9 heteroatoms. The van der Waals surface area contributed by atoms with Gasteiger partial charge in [-0.2, -0.15) is 0 Å². The van der Waals surface area contributed by atoms with E-state index in [-0.39, 0.29) is 11.7 Å². The minimum absolute atomic E-state index is 0.0756. The zero-order valence-electron chi connectivity index (χ0n) is 17.8. The quantitative estimate of drug-likeness (QED) is 0.717. The highest BCUT2D eigenvalue weighted by molar-refractivity contribution is 7.90. The van der Waals surface area contributed by atoms with Gasteiger partial charge in [-0.1, -0.05) is 19.1 Å². The number of anilines is 2. The van der Waals surface area contributed by atoms with E-state index in [1.54, 1.807) is 18.2 Å². The number of sulfone groups is 1. The Labute approximate surface area is 186 Å². The maximum Gasteiger partial charge on any atom is 0.253 e. The zero-order chi connectivity index (χ0) is 22.9. The number of likely N-dealkylation sites (tertiary alicyclic amines) is 1. The first kappa shape index (κ1) is 22.3. The molecule has 170 valence electrons. The molecule has 0 bridgehead atoms. The van der Waals surface area contributed by atoms with E-state index in [0.717, 1.165) is 19.4 Å². The molecule has 1 saturated heterocycles. The summed E-state index contributed by atoms with van der Waals surface area (Å²) in [6.07, 6.45) is 2.08. The molecule has 2 amide bonds. The number of nitrogens with zero attached hydrogens (tertiary/aromatic N) is 1. The van der Waals surface area contributed by atoms with Crippen molar-refractivity contribution in [3.05, 3.63) is 59.4 Å². The lowest BCUT2D eigenvalue weighted by Gasteiger charge is -2.31. The molecule has 2 atom stereocenters. The van der Waals surface area contributed by atoms with Crippen LogP contribution in [0.5, 0.6) is 0 Å². The molecule has 4 rings (SSSR count). The Kier molecular flexibility index (Phi) is 6.19. The summed E-state index contributed by atoms with van der Waals surface area (Å²) < 4.78 is 38.5. The van der Waals surface area contributed by atoms with Crippen LogP contribution in [0.4, 0.5) is 15.8 Å². The number of carbonyl (C=O) groups is 2. The molecule has 2 aliphatic heterocycles. The molecule has 2 aliphatic rings. The van der Waals surface area contributed by atoms with Gasteiger partial charge in [-0.3, -0.25) is 9.59 Å². The number of rotatable bonds is 5. The van der Waals surface area contributed by atoms with Crippen molar-refractivity contribution in [1.29, 1.82) is 0 Å². The summed E-state index contributed by atoms with van der Waals surface area (Å²) in [5.74, 6) is -1.40.